The van der Waals surface area contributed by atoms with Crippen LogP contribution in [-0.2, 0) is 17.9 Å². The zero-order valence-corrected chi connectivity index (χ0v) is 28.2. The Morgan fingerprint density at radius 2 is 1.82 bits per heavy atom. The summed E-state index contributed by atoms with van der Waals surface area (Å²) in [6, 6.07) is 18.3. The van der Waals surface area contributed by atoms with E-state index in [0.29, 0.717) is 42.3 Å². The number of rotatable bonds is 10. The number of methoxy groups -OCH3 is 2. The maximum absolute atomic E-state index is 11.7. The van der Waals surface area contributed by atoms with E-state index < -0.39 is 0 Å². The number of fused-ring (bicyclic) bond motifs is 1. The molecule has 3 N–H and O–H groups in total. The third-order valence-electron chi connectivity index (χ3n) is 10.1. The van der Waals surface area contributed by atoms with E-state index in [-0.39, 0.29) is 17.4 Å². The number of aromatic nitrogens is 4. The number of pyridine rings is 2. The van der Waals surface area contributed by atoms with Gasteiger partial charge in [0.2, 0.25) is 11.8 Å². The molecule has 1 amide bonds. The number of carbonyl (C=O) groups excluding carboxylic acids is 1. The molecule has 49 heavy (non-hydrogen) atoms. The molecule has 1 spiro atoms. The number of hydrogen-bond acceptors (Lipinski definition) is 9. The summed E-state index contributed by atoms with van der Waals surface area (Å²) in [5.41, 5.74) is 6.24. The van der Waals surface area contributed by atoms with Gasteiger partial charge in [-0.2, -0.15) is 5.10 Å². The van der Waals surface area contributed by atoms with Crippen LogP contribution in [-0.4, -0.2) is 81.7 Å². The van der Waals surface area contributed by atoms with Crippen molar-refractivity contribution in [3.05, 3.63) is 83.1 Å². The smallest absolute Gasteiger partial charge is 0.220 e. The molecule has 0 radical (unpaired) electrons. The molecule has 2 aliphatic heterocycles. The van der Waals surface area contributed by atoms with Crippen molar-refractivity contribution < 1.29 is 19.4 Å². The first-order chi connectivity index (χ1) is 23.8. The monoisotopic (exact) mass is 679 g/mol. The van der Waals surface area contributed by atoms with Crippen molar-refractivity contribution in [1.82, 2.24) is 35.3 Å². The molecule has 252 valence electrons. The van der Waals surface area contributed by atoms with Crippen LogP contribution in [0, 0.1) is 5.41 Å². The second kappa shape index (κ2) is 12.7. The SMILES string of the molecule is COc1cc(-n2ncc3c(-c4cccc(-c5ccc(CN6CC7(CNC(=O)C7)C6)c(OC)n5)c4Cl)cccc32)ncc1CNC1CC(O)C1. The van der Waals surface area contributed by atoms with Gasteiger partial charge in [-0.25, -0.2) is 14.6 Å². The average molecular weight is 680 g/mol. The number of aliphatic hydroxyl groups is 1. The summed E-state index contributed by atoms with van der Waals surface area (Å²) in [4.78, 5) is 23.7. The van der Waals surface area contributed by atoms with Crippen molar-refractivity contribution in [3.63, 3.8) is 0 Å². The lowest BCUT2D eigenvalue weighted by Crippen LogP contribution is -2.56. The first-order valence-electron chi connectivity index (χ1n) is 16.6. The Hall–Kier alpha value is -4.55. The highest BCUT2D eigenvalue weighted by Gasteiger charge is 2.48. The van der Waals surface area contributed by atoms with Gasteiger partial charge in [-0.15, -0.1) is 0 Å². The summed E-state index contributed by atoms with van der Waals surface area (Å²) in [6.07, 6.45) is 5.58. The predicted octanol–water partition coefficient (Wildman–Crippen LogP) is 4.75. The number of amides is 1. The summed E-state index contributed by atoms with van der Waals surface area (Å²) in [7, 11) is 3.29. The molecular weight excluding hydrogens is 642 g/mol. The number of ether oxygens (including phenoxy) is 2. The lowest BCUT2D eigenvalue weighted by Gasteiger charge is -2.47. The molecule has 8 rings (SSSR count). The van der Waals surface area contributed by atoms with Crippen LogP contribution in [0.1, 0.15) is 30.4 Å². The zero-order chi connectivity index (χ0) is 33.7. The summed E-state index contributed by atoms with van der Waals surface area (Å²) >= 11 is 7.17. The van der Waals surface area contributed by atoms with Crippen molar-refractivity contribution in [2.45, 2.75) is 44.5 Å². The van der Waals surface area contributed by atoms with Crippen molar-refractivity contribution in [3.8, 4) is 39.8 Å². The van der Waals surface area contributed by atoms with Crippen LogP contribution in [0.5, 0.6) is 11.6 Å². The fourth-order valence-electron chi connectivity index (χ4n) is 7.46. The molecule has 12 heteroatoms. The van der Waals surface area contributed by atoms with Gasteiger partial charge < -0.3 is 25.2 Å². The Bertz CT molecular complexity index is 2050. The number of aliphatic hydroxyl groups excluding tert-OH is 1. The minimum atomic E-state index is -0.208. The average Bonchev–Trinajstić information content (AvgIpc) is 3.70. The number of hydrogen-bond donors (Lipinski definition) is 3. The number of nitrogens with zero attached hydrogens (tertiary/aromatic N) is 5. The molecule has 3 aliphatic rings. The summed E-state index contributed by atoms with van der Waals surface area (Å²) in [6.45, 7) is 3.83. The molecule has 0 unspecified atom stereocenters. The topological polar surface area (TPSA) is 127 Å². The maximum Gasteiger partial charge on any atom is 0.220 e. The van der Waals surface area contributed by atoms with E-state index in [4.69, 9.17) is 36.1 Å². The van der Waals surface area contributed by atoms with Gasteiger partial charge >= 0.3 is 0 Å². The Morgan fingerprint density at radius 3 is 2.57 bits per heavy atom. The second-order valence-electron chi connectivity index (χ2n) is 13.5. The molecule has 5 aromatic rings. The standard InChI is InChI=1S/C37H38ClN7O4/c1-48-32-13-33(40-16-23(32)15-39-24-11-25(46)12-24)45-31-8-4-5-26(29(31)17-42-45)27-6-3-7-28(35(27)38)30-10-9-22(36(43-30)49-2)18-44-20-37(21-44)14-34(47)41-19-37/h3-10,13,16-17,24-25,39,46H,11-12,14-15,18-21H2,1-2H3,(H,41,47). The summed E-state index contributed by atoms with van der Waals surface area (Å²) in [5.74, 6) is 2.07. The summed E-state index contributed by atoms with van der Waals surface area (Å²) in [5, 5.41) is 22.3. The van der Waals surface area contributed by atoms with E-state index in [1.807, 2.05) is 65.6 Å². The van der Waals surface area contributed by atoms with Gasteiger partial charge in [0.05, 0.1) is 42.8 Å². The number of carbonyl (C=O) groups is 1. The lowest BCUT2D eigenvalue weighted by atomic mass is 9.79. The van der Waals surface area contributed by atoms with E-state index in [1.165, 1.54) is 0 Å². The molecular formula is C37H38ClN7O4. The molecule has 2 aromatic carbocycles. The highest BCUT2D eigenvalue weighted by molar-refractivity contribution is 6.36. The Morgan fingerprint density at radius 1 is 1.02 bits per heavy atom. The maximum atomic E-state index is 11.7. The molecule has 1 aliphatic carbocycles. The number of nitrogens with one attached hydrogen (secondary N) is 2. The quantitative estimate of drug-likeness (QED) is 0.192. The summed E-state index contributed by atoms with van der Waals surface area (Å²) < 4.78 is 13.3. The number of likely N-dealkylation sites (tertiary alicyclic amines) is 1. The van der Waals surface area contributed by atoms with Gasteiger partial charge in [0, 0.05) is 90.5 Å². The highest BCUT2D eigenvalue weighted by atomic mass is 35.5. The van der Waals surface area contributed by atoms with Crippen LogP contribution in [0.15, 0.2) is 67.0 Å². The third kappa shape index (κ3) is 5.90. The largest absolute Gasteiger partial charge is 0.496 e. The minimum Gasteiger partial charge on any atom is -0.496 e. The second-order valence-corrected chi connectivity index (χ2v) is 13.9. The first-order valence-corrected chi connectivity index (χ1v) is 16.9. The molecule has 1 saturated carbocycles. The minimum absolute atomic E-state index is 0.0675. The third-order valence-corrected chi connectivity index (χ3v) is 10.5. The van der Waals surface area contributed by atoms with Gasteiger partial charge in [-0.3, -0.25) is 9.69 Å². The Kier molecular flexibility index (Phi) is 8.23. The van der Waals surface area contributed by atoms with Crippen LogP contribution in [0.4, 0.5) is 0 Å². The Labute approximate surface area is 289 Å². The highest BCUT2D eigenvalue weighted by Crippen LogP contribution is 2.41. The molecule has 5 heterocycles. The number of halogens is 1. The lowest BCUT2D eigenvalue weighted by molar-refractivity contribution is -0.120. The molecule has 0 bridgehead atoms. The molecule has 3 aromatic heterocycles. The van der Waals surface area contributed by atoms with Crippen LogP contribution in [0.25, 0.3) is 39.1 Å². The first kappa shape index (κ1) is 31.7. The fraction of sp³-hybridized carbons (Fsp3) is 0.351. The predicted molar refractivity (Wildman–Crippen MR) is 187 cm³/mol. The van der Waals surface area contributed by atoms with Crippen molar-refractivity contribution in [2.24, 2.45) is 5.41 Å². The molecule has 3 fully saturated rings. The van der Waals surface area contributed by atoms with Crippen LogP contribution < -0.4 is 20.1 Å². The fourth-order valence-corrected chi connectivity index (χ4v) is 7.78. The van der Waals surface area contributed by atoms with Crippen LogP contribution >= 0.6 is 11.6 Å². The van der Waals surface area contributed by atoms with Crippen molar-refractivity contribution in [1.29, 1.82) is 0 Å². The van der Waals surface area contributed by atoms with E-state index in [0.717, 1.165) is 82.6 Å². The zero-order valence-electron chi connectivity index (χ0n) is 27.4. The van der Waals surface area contributed by atoms with Crippen LogP contribution in [0.3, 0.4) is 0 Å². The van der Waals surface area contributed by atoms with E-state index in [2.05, 4.69) is 21.6 Å². The van der Waals surface area contributed by atoms with Crippen LogP contribution in [0.2, 0.25) is 5.02 Å². The normalized spacial score (nSPS) is 19.9. The molecule has 11 nitrogen and oxygen atoms in total. The van der Waals surface area contributed by atoms with Gasteiger partial charge in [0.1, 0.15) is 5.75 Å². The molecule has 2 saturated heterocycles. The van der Waals surface area contributed by atoms with E-state index >= 15 is 0 Å². The van der Waals surface area contributed by atoms with Crippen molar-refractivity contribution >= 4 is 28.4 Å². The van der Waals surface area contributed by atoms with Gasteiger partial charge in [0.15, 0.2) is 5.82 Å². The Balaban J connectivity index is 1.05. The van der Waals surface area contributed by atoms with Gasteiger partial charge in [0.25, 0.3) is 0 Å². The van der Waals surface area contributed by atoms with Gasteiger partial charge in [-0.05, 0) is 30.5 Å². The van der Waals surface area contributed by atoms with Gasteiger partial charge in [-0.1, -0.05) is 48.0 Å². The number of benzene rings is 2. The van der Waals surface area contributed by atoms with E-state index in [9.17, 15) is 9.90 Å². The molecule has 0 atom stereocenters. The van der Waals surface area contributed by atoms with Crippen molar-refractivity contribution in [2.75, 3.05) is 33.9 Å². The van der Waals surface area contributed by atoms with E-state index in [1.54, 1.807) is 14.2 Å².